The number of amides is 2. The van der Waals surface area contributed by atoms with Crippen LogP contribution < -0.4 is 20.1 Å². The molecule has 27 heavy (non-hydrogen) atoms. The van der Waals surface area contributed by atoms with E-state index < -0.39 is 17.8 Å². The summed E-state index contributed by atoms with van der Waals surface area (Å²) in [7, 11) is 4.20. The van der Waals surface area contributed by atoms with Gasteiger partial charge in [-0.05, 0) is 24.3 Å². The summed E-state index contributed by atoms with van der Waals surface area (Å²) in [5.41, 5.74) is 0.804. The van der Waals surface area contributed by atoms with Gasteiger partial charge < -0.3 is 24.8 Å². The van der Waals surface area contributed by atoms with Crippen molar-refractivity contribution in [1.29, 1.82) is 0 Å². The lowest BCUT2D eigenvalue weighted by Gasteiger charge is -2.11. The Morgan fingerprint density at radius 3 is 2.15 bits per heavy atom. The number of benzene rings is 2. The van der Waals surface area contributed by atoms with Crippen molar-refractivity contribution in [2.45, 2.75) is 0 Å². The number of para-hydroxylation sites is 1. The molecule has 0 saturated carbocycles. The molecule has 0 fully saturated rings. The third-order valence-electron chi connectivity index (χ3n) is 3.63. The van der Waals surface area contributed by atoms with Gasteiger partial charge in [0.15, 0.2) is 0 Å². The van der Waals surface area contributed by atoms with Crippen LogP contribution in [0.2, 0.25) is 0 Å². The number of rotatable bonds is 7. The van der Waals surface area contributed by atoms with E-state index >= 15 is 0 Å². The summed E-state index contributed by atoms with van der Waals surface area (Å²) in [5, 5.41) is 5.08. The van der Waals surface area contributed by atoms with Crippen molar-refractivity contribution in [2.75, 3.05) is 33.2 Å². The Morgan fingerprint density at radius 2 is 1.56 bits per heavy atom. The average molecular weight is 372 g/mol. The van der Waals surface area contributed by atoms with Crippen LogP contribution in [0.4, 0.5) is 5.69 Å². The van der Waals surface area contributed by atoms with Crippen molar-refractivity contribution in [3.8, 4) is 11.5 Å². The van der Waals surface area contributed by atoms with Crippen LogP contribution >= 0.6 is 0 Å². The number of ether oxygens (including phenoxy) is 3. The van der Waals surface area contributed by atoms with Crippen LogP contribution in [0, 0.1) is 0 Å². The molecule has 8 nitrogen and oxygen atoms in total. The monoisotopic (exact) mass is 372 g/mol. The molecule has 0 saturated heterocycles. The molecule has 2 N–H and O–H groups in total. The molecule has 0 heterocycles. The van der Waals surface area contributed by atoms with E-state index in [1.165, 1.54) is 39.5 Å². The fourth-order valence-corrected chi connectivity index (χ4v) is 2.28. The Hall–Kier alpha value is -3.55. The minimum atomic E-state index is -0.571. The highest BCUT2D eigenvalue weighted by molar-refractivity contribution is 6.03. The summed E-state index contributed by atoms with van der Waals surface area (Å²) in [4.78, 5) is 36.1. The minimum Gasteiger partial charge on any atom is -0.497 e. The first-order valence-corrected chi connectivity index (χ1v) is 7.97. The van der Waals surface area contributed by atoms with Gasteiger partial charge in [0, 0.05) is 11.6 Å². The molecule has 0 aliphatic heterocycles. The first-order valence-electron chi connectivity index (χ1n) is 7.97. The Bertz CT molecular complexity index is 828. The molecule has 0 radical (unpaired) electrons. The fourth-order valence-electron chi connectivity index (χ4n) is 2.28. The lowest BCUT2D eigenvalue weighted by atomic mass is 10.1. The van der Waals surface area contributed by atoms with Crippen LogP contribution in [0.1, 0.15) is 20.7 Å². The summed E-state index contributed by atoms with van der Waals surface area (Å²) in [6.07, 6.45) is 0. The summed E-state index contributed by atoms with van der Waals surface area (Å²) >= 11 is 0. The maximum atomic E-state index is 12.3. The van der Waals surface area contributed by atoms with Crippen molar-refractivity contribution in [3.05, 3.63) is 53.6 Å². The van der Waals surface area contributed by atoms with Crippen LogP contribution in [0.5, 0.6) is 11.5 Å². The number of hydrogen-bond acceptors (Lipinski definition) is 6. The Labute approximate surface area is 156 Å². The predicted octanol–water partition coefficient (Wildman–Crippen LogP) is 1.86. The smallest absolute Gasteiger partial charge is 0.339 e. The molecular formula is C19H20N2O6. The van der Waals surface area contributed by atoms with E-state index in [4.69, 9.17) is 9.47 Å². The largest absolute Gasteiger partial charge is 0.497 e. The second-order valence-corrected chi connectivity index (χ2v) is 5.37. The quantitative estimate of drug-likeness (QED) is 0.719. The number of carbonyl (C=O) groups excluding carboxylic acids is 3. The van der Waals surface area contributed by atoms with Crippen molar-refractivity contribution in [1.82, 2.24) is 5.32 Å². The van der Waals surface area contributed by atoms with Crippen LogP contribution in [0.3, 0.4) is 0 Å². The molecule has 2 aromatic rings. The third kappa shape index (κ3) is 5.21. The number of carbonyl (C=O) groups is 3. The van der Waals surface area contributed by atoms with Gasteiger partial charge in [0.25, 0.3) is 5.91 Å². The Kier molecular flexibility index (Phi) is 6.76. The molecule has 8 heteroatoms. The van der Waals surface area contributed by atoms with Gasteiger partial charge in [-0.3, -0.25) is 9.59 Å². The van der Waals surface area contributed by atoms with Gasteiger partial charge in [0.05, 0.1) is 39.1 Å². The van der Waals surface area contributed by atoms with Crippen LogP contribution in [-0.2, 0) is 9.53 Å². The average Bonchev–Trinajstić information content (AvgIpc) is 2.71. The highest BCUT2D eigenvalue weighted by Crippen LogP contribution is 2.22. The second kappa shape index (κ2) is 9.23. The van der Waals surface area contributed by atoms with Gasteiger partial charge in [-0.2, -0.15) is 0 Å². The van der Waals surface area contributed by atoms with Gasteiger partial charge in [0.1, 0.15) is 11.5 Å². The van der Waals surface area contributed by atoms with E-state index in [9.17, 15) is 14.4 Å². The van der Waals surface area contributed by atoms with Crippen molar-refractivity contribution >= 4 is 23.5 Å². The minimum absolute atomic E-state index is 0.220. The van der Waals surface area contributed by atoms with E-state index in [1.807, 2.05) is 0 Å². The first-order chi connectivity index (χ1) is 13.0. The molecule has 0 spiro atoms. The van der Waals surface area contributed by atoms with E-state index in [2.05, 4.69) is 15.4 Å². The second-order valence-electron chi connectivity index (χ2n) is 5.37. The maximum Gasteiger partial charge on any atom is 0.339 e. The molecule has 0 aromatic heterocycles. The number of anilines is 1. The van der Waals surface area contributed by atoms with Gasteiger partial charge >= 0.3 is 5.97 Å². The molecule has 142 valence electrons. The van der Waals surface area contributed by atoms with Crippen LogP contribution in [0.15, 0.2) is 42.5 Å². The highest BCUT2D eigenvalue weighted by atomic mass is 16.5. The molecule has 2 aromatic carbocycles. The van der Waals surface area contributed by atoms with Crippen molar-refractivity contribution < 1.29 is 28.6 Å². The summed E-state index contributed by atoms with van der Waals surface area (Å²) in [6.45, 7) is -0.284. The standard InChI is InChI=1S/C19H20N2O6/c1-25-13-8-12(9-14(10-13)26-2)18(23)20-11-17(22)21-16-7-5-4-6-15(16)19(24)27-3/h4-10H,11H2,1-3H3,(H,20,23)(H,21,22). The number of methoxy groups -OCH3 is 3. The summed E-state index contributed by atoms with van der Waals surface area (Å²) in [5.74, 6) is -0.622. The first kappa shape index (κ1) is 19.8. The van der Waals surface area contributed by atoms with Crippen molar-refractivity contribution in [2.24, 2.45) is 0 Å². The lowest BCUT2D eigenvalue weighted by Crippen LogP contribution is -2.33. The van der Waals surface area contributed by atoms with E-state index in [1.54, 1.807) is 24.3 Å². The number of esters is 1. The predicted molar refractivity (Wildman–Crippen MR) is 98.3 cm³/mol. The topological polar surface area (TPSA) is 103 Å². The van der Waals surface area contributed by atoms with Gasteiger partial charge in [-0.15, -0.1) is 0 Å². The molecule has 0 aliphatic rings. The molecule has 2 amide bonds. The molecular weight excluding hydrogens is 352 g/mol. The SMILES string of the molecule is COC(=O)c1ccccc1NC(=O)CNC(=O)c1cc(OC)cc(OC)c1. The molecule has 0 unspecified atom stereocenters. The summed E-state index contributed by atoms with van der Waals surface area (Å²) in [6, 6.07) is 11.1. The zero-order valence-electron chi connectivity index (χ0n) is 15.2. The van der Waals surface area contributed by atoms with Crippen LogP contribution in [0.25, 0.3) is 0 Å². The van der Waals surface area contributed by atoms with Crippen LogP contribution in [-0.4, -0.2) is 45.7 Å². The van der Waals surface area contributed by atoms with Gasteiger partial charge in [0.2, 0.25) is 5.91 Å². The van der Waals surface area contributed by atoms with Gasteiger partial charge in [-0.25, -0.2) is 4.79 Å². The van der Waals surface area contributed by atoms with E-state index in [0.717, 1.165) is 0 Å². The van der Waals surface area contributed by atoms with Crippen molar-refractivity contribution in [3.63, 3.8) is 0 Å². The third-order valence-corrected chi connectivity index (χ3v) is 3.63. The van der Waals surface area contributed by atoms with Gasteiger partial charge in [-0.1, -0.05) is 12.1 Å². The number of hydrogen-bond donors (Lipinski definition) is 2. The molecule has 0 aliphatic carbocycles. The Morgan fingerprint density at radius 1 is 0.926 bits per heavy atom. The fraction of sp³-hybridized carbons (Fsp3) is 0.211. The molecule has 0 atom stereocenters. The molecule has 2 rings (SSSR count). The van der Waals surface area contributed by atoms with E-state index in [-0.39, 0.29) is 17.7 Å². The zero-order valence-corrected chi connectivity index (χ0v) is 15.2. The highest BCUT2D eigenvalue weighted by Gasteiger charge is 2.15. The van der Waals surface area contributed by atoms with E-state index in [0.29, 0.717) is 17.2 Å². The normalized spacial score (nSPS) is 9.89. The summed E-state index contributed by atoms with van der Waals surface area (Å²) < 4.78 is 14.9. The zero-order chi connectivity index (χ0) is 19.8. The number of nitrogens with one attached hydrogen (secondary N) is 2. The Balaban J connectivity index is 2.02. The molecule has 0 bridgehead atoms. The lowest BCUT2D eigenvalue weighted by molar-refractivity contribution is -0.115. The maximum absolute atomic E-state index is 12.3.